The molecule has 1 rings (SSSR count). The first kappa shape index (κ1) is 18.3. The van der Waals surface area contributed by atoms with Crippen molar-refractivity contribution in [3.8, 4) is 0 Å². The number of likely N-dealkylation sites (N-methyl/N-ethyl adjacent to an activating group) is 1. The summed E-state index contributed by atoms with van der Waals surface area (Å²) in [6.07, 6.45) is -0.324. The molecule has 0 spiro atoms. The van der Waals surface area contributed by atoms with E-state index in [0.717, 1.165) is 13.1 Å². The van der Waals surface area contributed by atoms with E-state index in [1.165, 1.54) is 0 Å². The van der Waals surface area contributed by atoms with Crippen molar-refractivity contribution in [2.75, 3.05) is 39.3 Å². The van der Waals surface area contributed by atoms with Gasteiger partial charge in [0.15, 0.2) is 0 Å². The van der Waals surface area contributed by atoms with Crippen LogP contribution < -0.4 is 11.1 Å². The lowest BCUT2D eigenvalue weighted by molar-refractivity contribution is -0.138. The van der Waals surface area contributed by atoms with E-state index in [4.69, 9.17) is 10.5 Å². The Labute approximate surface area is 109 Å². The number of rotatable bonds is 4. The summed E-state index contributed by atoms with van der Waals surface area (Å²) in [4.78, 5) is 13.7. The smallest absolute Gasteiger partial charge is 0.250 e. The molecule has 0 radical (unpaired) electrons. The predicted molar refractivity (Wildman–Crippen MR) is 68.4 cm³/mol. The van der Waals surface area contributed by atoms with Crippen molar-refractivity contribution in [2.45, 2.75) is 13.0 Å². The molecule has 1 amide bonds. The lowest BCUT2D eigenvalue weighted by atomic mass is 10.2. The molecular formula is C9H21Cl2N3O2. The number of hydrogen-bond acceptors (Lipinski definition) is 4. The Morgan fingerprint density at radius 1 is 1.56 bits per heavy atom. The summed E-state index contributed by atoms with van der Waals surface area (Å²) < 4.78 is 5.37. The molecule has 0 aromatic carbocycles. The van der Waals surface area contributed by atoms with Crippen molar-refractivity contribution < 1.29 is 9.53 Å². The summed E-state index contributed by atoms with van der Waals surface area (Å²) in [6.45, 7) is 6.27. The molecule has 0 bridgehead atoms. The molecule has 0 aromatic rings. The van der Waals surface area contributed by atoms with Gasteiger partial charge in [0.05, 0.1) is 6.61 Å². The maximum absolute atomic E-state index is 11.5. The Morgan fingerprint density at radius 3 is 2.81 bits per heavy atom. The van der Waals surface area contributed by atoms with Crippen LogP contribution in [0, 0.1) is 0 Å². The van der Waals surface area contributed by atoms with Gasteiger partial charge in [0.2, 0.25) is 0 Å². The number of ether oxygens (including phenoxy) is 1. The third-order valence-electron chi connectivity index (χ3n) is 2.33. The Hall–Kier alpha value is -0.0700. The Balaban J connectivity index is 0. The molecule has 7 heteroatoms. The summed E-state index contributed by atoms with van der Waals surface area (Å²) in [5.74, 6) is -0.0476. The number of nitrogens with one attached hydrogen (secondary N) is 1. The largest absolute Gasteiger partial charge is 0.366 e. The van der Waals surface area contributed by atoms with Crippen LogP contribution in [0.4, 0.5) is 0 Å². The summed E-state index contributed by atoms with van der Waals surface area (Å²) in [7, 11) is 0. The fraction of sp³-hybridized carbons (Fsp3) is 0.889. The van der Waals surface area contributed by atoms with E-state index in [2.05, 4.69) is 17.1 Å². The predicted octanol–water partition coefficient (Wildman–Crippen LogP) is -0.374. The Morgan fingerprint density at radius 2 is 2.25 bits per heavy atom. The first-order valence-corrected chi connectivity index (χ1v) is 5.09. The minimum Gasteiger partial charge on any atom is -0.366 e. The highest BCUT2D eigenvalue weighted by Gasteiger charge is 2.25. The molecule has 98 valence electrons. The van der Waals surface area contributed by atoms with Gasteiger partial charge in [0.25, 0.3) is 5.91 Å². The molecule has 5 nitrogen and oxygen atoms in total. The minimum absolute atomic E-state index is 0. The summed E-state index contributed by atoms with van der Waals surface area (Å²) in [6, 6.07) is 0. The summed E-state index contributed by atoms with van der Waals surface area (Å²) in [5, 5.41) is 2.73. The summed E-state index contributed by atoms with van der Waals surface area (Å²) in [5.41, 5.74) is 5.29. The average molecular weight is 274 g/mol. The first-order valence-electron chi connectivity index (χ1n) is 5.09. The quantitative estimate of drug-likeness (QED) is 0.733. The summed E-state index contributed by atoms with van der Waals surface area (Å²) >= 11 is 0. The zero-order valence-corrected chi connectivity index (χ0v) is 11.1. The zero-order chi connectivity index (χ0) is 10.4. The van der Waals surface area contributed by atoms with Gasteiger partial charge in [0, 0.05) is 26.2 Å². The Kier molecular flexibility index (Phi) is 11.6. The normalized spacial score (nSPS) is 20.5. The van der Waals surface area contributed by atoms with Gasteiger partial charge < -0.3 is 15.8 Å². The van der Waals surface area contributed by atoms with Crippen molar-refractivity contribution in [2.24, 2.45) is 5.73 Å². The molecule has 0 aromatic heterocycles. The number of carbonyl (C=O) groups is 1. The molecule has 1 heterocycles. The van der Waals surface area contributed by atoms with E-state index in [1.807, 2.05) is 0 Å². The van der Waals surface area contributed by atoms with Crippen LogP contribution in [-0.2, 0) is 9.53 Å². The van der Waals surface area contributed by atoms with Crippen molar-refractivity contribution in [1.82, 2.24) is 10.2 Å². The van der Waals surface area contributed by atoms with Crippen molar-refractivity contribution >= 4 is 30.7 Å². The highest BCUT2D eigenvalue weighted by Crippen LogP contribution is 2.04. The van der Waals surface area contributed by atoms with E-state index in [1.54, 1.807) is 0 Å². The van der Waals surface area contributed by atoms with Crippen LogP contribution in [0.25, 0.3) is 0 Å². The second-order valence-electron chi connectivity index (χ2n) is 3.33. The van der Waals surface area contributed by atoms with Crippen LogP contribution in [0.15, 0.2) is 0 Å². The molecule has 1 unspecified atom stereocenters. The standard InChI is InChI=1S/C9H19N3O2.2ClH/c1-2-12-5-6-14-8(7-12)9(13)11-4-3-10;;/h8H,2-7,10H2,1H3,(H,11,13);2*1H. The van der Waals surface area contributed by atoms with Gasteiger partial charge in [0.1, 0.15) is 6.10 Å². The molecular weight excluding hydrogens is 253 g/mol. The van der Waals surface area contributed by atoms with Crippen LogP contribution in [0.2, 0.25) is 0 Å². The number of carbonyl (C=O) groups excluding carboxylic acids is 1. The van der Waals surface area contributed by atoms with Gasteiger partial charge in [-0.25, -0.2) is 0 Å². The van der Waals surface area contributed by atoms with Crippen LogP contribution >= 0.6 is 24.8 Å². The SMILES string of the molecule is CCN1CCOC(C(=O)NCCN)C1.Cl.Cl. The van der Waals surface area contributed by atoms with Crippen molar-refractivity contribution in [1.29, 1.82) is 0 Å². The number of nitrogens with two attached hydrogens (primary N) is 1. The van der Waals surface area contributed by atoms with Crippen LogP contribution in [0.3, 0.4) is 0 Å². The number of hydrogen-bond donors (Lipinski definition) is 2. The second kappa shape index (κ2) is 10.1. The van der Waals surface area contributed by atoms with Gasteiger partial charge >= 0.3 is 0 Å². The van der Waals surface area contributed by atoms with Gasteiger partial charge in [-0.3, -0.25) is 9.69 Å². The number of halogens is 2. The van der Waals surface area contributed by atoms with E-state index >= 15 is 0 Å². The van der Waals surface area contributed by atoms with Crippen molar-refractivity contribution in [3.05, 3.63) is 0 Å². The zero-order valence-electron chi connectivity index (χ0n) is 9.48. The lowest BCUT2D eigenvalue weighted by Gasteiger charge is -2.31. The molecule has 1 aliphatic heterocycles. The van der Waals surface area contributed by atoms with Gasteiger partial charge in [-0.15, -0.1) is 24.8 Å². The minimum atomic E-state index is -0.324. The lowest BCUT2D eigenvalue weighted by Crippen LogP contribution is -2.50. The second-order valence-corrected chi connectivity index (χ2v) is 3.33. The van der Waals surface area contributed by atoms with E-state index in [9.17, 15) is 4.79 Å². The Bertz CT molecular complexity index is 196. The molecule has 1 atom stereocenters. The van der Waals surface area contributed by atoms with E-state index in [-0.39, 0.29) is 36.8 Å². The molecule has 3 N–H and O–H groups in total. The highest BCUT2D eigenvalue weighted by molar-refractivity contribution is 5.85. The van der Waals surface area contributed by atoms with Crippen molar-refractivity contribution in [3.63, 3.8) is 0 Å². The van der Waals surface area contributed by atoms with E-state index in [0.29, 0.717) is 26.2 Å². The highest BCUT2D eigenvalue weighted by atomic mass is 35.5. The molecule has 0 saturated carbocycles. The molecule has 0 aliphatic carbocycles. The molecule has 1 fully saturated rings. The maximum atomic E-state index is 11.5. The molecule has 1 aliphatic rings. The van der Waals surface area contributed by atoms with Gasteiger partial charge in [-0.05, 0) is 6.54 Å². The van der Waals surface area contributed by atoms with Gasteiger partial charge in [-0.1, -0.05) is 6.92 Å². The fourth-order valence-electron chi connectivity index (χ4n) is 1.46. The maximum Gasteiger partial charge on any atom is 0.250 e. The fourth-order valence-corrected chi connectivity index (χ4v) is 1.46. The third kappa shape index (κ3) is 5.86. The monoisotopic (exact) mass is 273 g/mol. The van der Waals surface area contributed by atoms with Crippen LogP contribution in [0.5, 0.6) is 0 Å². The molecule has 1 saturated heterocycles. The van der Waals surface area contributed by atoms with Crippen LogP contribution in [-0.4, -0.2) is 56.2 Å². The number of nitrogens with zero attached hydrogens (tertiary/aromatic N) is 1. The number of morpholine rings is 1. The third-order valence-corrected chi connectivity index (χ3v) is 2.33. The average Bonchev–Trinajstić information content (AvgIpc) is 2.26. The molecule has 16 heavy (non-hydrogen) atoms. The van der Waals surface area contributed by atoms with E-state index < -0.39 is 0 Å². The number of amides is 1. The van der Waals surface area contributed by atoms with Crippen LogP contribution in [0.1, 0.15) is 6.92 Å². The van der Waals surface area contributed by atoms with Gasteiger partial charge in [-0.2, -0.15) is 0 Å². The topological polar surface area (TPSA) is 67.6 Å². The first-order chi connectivity index (χ1) is 6.77.